The van der Waals surface area contributed by atoms with Gasteiger partial charge in [-0.15, -0.1) is 0 Å². The molecule has 0 saturated carbocycles. The van der Waals surface area contributed by atoms with Crippen molar-refractivity contribution in [3.63, 3.8) is 0 Å². The molecule has 1 heterocycles. The number of anilines is 1. The molecule has 3 aromatic rings. The zero-order valence-corrected chi connectivity index (χ0v) is 18.7. The summed E-state index contributed by atoms with van der Waals surface area (Å²) in [7, 11) is 0. The highest BCUT2D eigenvalue weighted by atomic mass is 16.6. The van der Waals surface area contributed by atoms with Gasteiger partial charge >= 0.3 is 11.9 Å². The molecule has 0 aliphatic heterocycles. The van der Waals surface area contributed by atoms with Crippen molar-refractivity contribution in [2.45, 2.75) is 46.3 Å². The van der Waals surface area contributed by atoms with Crippen LogP contribution in [0.25, 0.3) is 11.4 Å². The third-order valence-electron chi connectivity index (χ3n) is 4.32. The van der Waals surface area contributed by atoms with Crippen LogP contribution in [0.2, 0.25) is 0 Å². The van der Waals surface area contributed by atoms with E-state index in [9.17, 15) is 9.59 Å². The third kappa shape index (κ3) is 6.94. The topological polar surface area (TPSA) is 104 Å². The van der Waals surface area contributed by atoms with Crippen LogP contribution in [0.4, 0.5) is 5.69 Å². The van der Waals surface area contributed by atoms with E-state index in [1.807, 2.05) is 51.1 Å². The largest absolute Gasteiger partial charge is 0.460 e. The lowest BCUT2D eigenvalue weighted by Crippen LogP contribution is -2.25. The molecule has 0 saturated heterocycles. The maximum atomic E-state index is 12.4. The molecule has 2 aromatic carbocycles. The predicted molar refractivity (Wildman–Crippen MR) is 119 cm³/mol. The molecule has 3 rings (SSSR count). The Kier molecular flexibility index (Phi) is 7.25. The molecular weight excluding hydrogens is 410 g/mol. The number of aromatic nitrogens is 2. The highest BCUT2D eigenvalue weighted by Crippen LogP contribution is 2.25. The predicted octanol–water partition coefficient (Wildman–Crippen LogP) is 4.08. The molecular formula is C24H27N3O5. The van der Waals surface area contributed by atoms with Crippen LogP contribution in [-0.4, -0.2) is 34.2 Å². The second-order valence-electron chi connectivity index (χ2n) is 8.27. The molecule has 0 bridgehead atoms. The first kappa shape index (κ1) is 23.0. The summed E-state index contributed by atoms with van der Waals surface area (Å²) in [6.07, 6.45) is 0.0459. The molecule has 0 radical (unpaired) electrons. The summed E-state index contributed by atoms with van der Waals surface area (Å²) in [4.78, 5) is 28.8. The van der Waals surface area contributed by atoms with E-state index in [0.29, 0.717) is 28.5 Å². The van der Waals surface area contributed by atoms with Crippen LogP contribution in [0, 0.1) is 6.92 Å². The Balaban J connectivity index is 1.72. The molecule has 1 N–H and O–H groups in total. The van der Waals surface area contributed by atoms with E-state index in [4.69, 9.17) is 14.0 Å². The minimum atomic E-state index is -0.589. The average Bonchev–Trinajstić information content (AvgIpc) is 3.17. The Labute approximate surface area is 186 Å². The third-order valence-corrected chi connectivity index (χ3v) is 4.32. The summed E-state index contributed by atoms with van der Waals surface area (Å²) in [5, 5.41) is 6.99. The number of rotatable bonds is 8. The molecule has 0 atom stereocenters. The Morgan fingerprint density at radius 3 is 2.47 bits per heavy atom. The van der Waals surface area contributed by atoms with Gasteiger partial charge in [-0.1, -0.05) is 47.6 Å². The molecule has 32 heavy (non-hydrogen) atoms. The molecule has 0 unspecified atom stereocenters. The maximum Gasteiger partial charge on any atom is 0.325 e. The van der Waals surface area contributed by atoms with Crippen molar-refractivity contribution in [1.29, 1.82) is 0 Å². The average molecular weight is 437 g/mol. The summed E-state index contributed by atoms with van der Waals surface area (Å²) in [6, 6.07) is 14.8. The lowest BCUT2D eigenvalue weighted by molar-refractivity contribution is -0.153. The monoisotopic (exact) mass is 437 g/mol. The van der Waals surface area contributed by atoms with Gasteiger partial charge in [0.05, 0.1) is 6.42 Å². The van der Waals surface area contributed by atoms with Crippen LogP contribution < -0.4 is 5.32 Å². The first-order chi connectivity index (χ1) is 15.2. The number of nitrogens with one attached hydrogen (secondary N) is 1. The Morgan fingerprint density at radius 1 is 1.06 bits per heavy atom. The Hall–Kier alpha value is -3.68. The van der Waals surface area contributed by atoms with E-state index in [2.05, 4.69) is 15.5 Å². The zero-order chi connectivity index (χ0) is 23.1. The Bertz CT molecular complexity index is 1070. The molecule has 168 valence electrons. The summed E-state index contributed by atoms with van der Waals surface area (Å²) in [6.45, 7) is 7.27. The van der Waals surface area contributed by atoms with Crippen molar-refractivity contribution in [1.82, 2.24) is 10.1 Å². The molecule has 0 fully saturated rings. The van der Waals surface area contributed by atoms with Gasteiger partial charge in [-0.05, 0) is 38.0 Å². The highest BCUT2D eigenvalue weighted by Gasteiger charge is 2.19. The van der Waals surface area contributed by atoms with E-state index < -0.39 is 11.6 Å². The summed E-state index contributed by atoms with van der Waals surface area (Å²) >= 11 is 0. The molecule has 1 aromatic heterocycles. The fourth-order valence-electron chi connectivity index (χ4n) is 2.94. The maximum absolute atomic E-state index is 12.4. The minimum absolute atomic E-state index is 0.0459. The summed E-state index contributed by atoms with van der Waals surface area (Å²) < 4.78 is 15.8. The van der Waals surface area contributed by atoms with Crippen LogP contribution in [-0.2, 0) is 32.1 Å². The molecule has 8 nitrogen and oxygen atoms in total. The van der Waals surface area contributed by atoms with Gasteiger partial charge in [-0.3, -0.25) is 9.59 Å². The van der Waals surface area contributed by atoms with Crippen LogP contribution in [0.5, 0.6) is 0 Å². The summed E-state index contributed by atoms with van der Waals surface area (Å²) in [5.41, 5.74) is 2.27. The number of esters is 2. The first-order valence-electron chi connectivity index (χ1n) is 10.3. The number of benzene rings is 2. The Morgan fingerprint density at radius 2 is 1.81 bits per heavy atom. The second-order valence-corrected chi connectivity index (χ2v) is 8.27. The fourth-order valence-corrected chi connectivity index (χ4v) is 2.94. The molecule has 0 aliphatic rings. The van der Waals surface area contributed by atoms with Crippen molar-refractivity contribution in [3.8, 4) is 11.4 Å². The van der Waals surface area contributed by atoms with Gasteiger partial charge in [0.25, 0.3) is 0 Å². The number of nitrogens with zero attached hydrogens (tertiary/aromatic N) is 2. The van der Waals surface area contributed by atoms with Crippen molar-refractivity contribution in [2.24, 2.45) is 0 Å². The highest BCUT2D eigenvalue weighted by molar-refractivity contribution is 5.80. The lowest BCUT2D eigenvalue weighted by Gasteiger charge is -2.20. The van der Waals surface area contributed by atoms with E-state index in [0.717, 1.165) is 5.56 Å². The van der Waals surface area contributed by atoms with E-state index in [-0.39, 0.29) is 25.5 Å². The van der Waals surface area contributed by atoms with Gasteiger partial charge < -0.3 is 19.3 Å². The van der Waals surface area contributed by atoms with E-state index in [1.54, 1.807) is 25.1 Å². The van der Waals surface area contributed by atoms with Crippen molar-refractivity contribution in [3.05, 3.63) is 65.5 Å². The van der Waals surface area contributed by atoms with Gasteiger partial charge in [-0.25, -0.2) is 0 Å². The molecule has 0 spiro atoms. The van der Waals surface area contributed by atoms with Crippen molar-refractivity contribution < 1.29 is 23.6 Å². The standard InChI is InChI=1S/C24H27N3O5/c1-16-26-23(27-32-16)19-11-10-18(13-21(28)31-24(2,3)4)20(12-19)25-14-22(29)30-15-17-8-6-5-7-9-17/h5-12,25H,13-15H2,1-4H3. The van der Waals surface area contributed by atoms with Crippen LogP contribution >= 0.6 is 0 Å². The van der Waals surface area contributed by atoms with Gasteiger partial charge in [0.1, 0.15) is 18.8 Å². The van der Waals surface area contributed by atoms with Crippen LogP contribution in [0.15, 0.2) is 53.1 Å². The molecule has 8 heteroatoms. The number of hydrogen-bond acceptors (Lipinski definition) is 8. The van der Waals surface area contributed by atoms with Gasteiger partial charge in [0.15, 0.2) is 0 Å². The zero-order valence-electron chi connectivity index (χ0n) is 18.7. The first-order valence-corrected chi connectivity index (χ1v) is 10.3. The van der Waals surface area contributed by atoms with Gasteiger partial charge in [0.2, 0.25) is 11.7 Å². The number of hydrogen-bond donors (Lipinski definition) is 1. The summed E-state index contributed by atoms with van der Waals surface area (Å²) in [5.74, 6) is 0.0751. The quantitative estimate of drug-likeness (QED) is 0.526. The number of carbonyl (C=O) groups excluding carboxylic acids is 2. The van der Waals surface area contributed by atoms with Crippen LogP contribution in [0.1, 0.15) is 37.8 Å². The second kappa shape index (κ2) is 10.1. The molecule has 0 aliphatic carbocycles. The number of ether oxygens (including phenoxy) is 2. The van der Waals surface area contributed by atoms with Crippen LogP contribution in [0.3, 0.4) is 0 Å². The number of carbonyl (C=O) groups is 2. The minimum Gasteiger partial charge on any atom is -0.460 e. The SMILES string of the molecule is Cc1nc(-c2ccc(CC(=O)OC(C)(C)C)c(NCC(=O)OCc3ccccc3)c2)no1. The fraction of sp³-hybridized carbons (Fsp3) is 0.333. The lowest BCUT2D eigenvalue weighted by atomic mass is 10.1. The van der Waals surface area contributed by atoms with Crippen molar-refractivity contribution >= 4 is 17.6 Å². The smallest absolute Gasteiger partial charge is 0.325 e. The van der Waals surface area contributed by atoms with E-state index in [1.165, 1.54) is 0 Å². The molecule has 0 amide bonds. The van der Waals surface area contributed by atoms with Gasteiger partial charge in [0, 0.05) is 18.2 Å². The normalized spacial score (nSPS) is 11.1. The van der Waals surface area contributed by atoms with E-state index >= 15 is 0 Å². The van der Waals surface area contributed by atoms with Crippen molar-refractivity contribution in [2.75, 3.05) is 11.9 Å². The van der Waals surface area contributed by atoms with Gasteiger partial charge in [-0.2, -0.15) is 4.98 Å². The number of aryl methyl sites for hydroxylation is 1.